The molecule has 0 aliphatic heterocycles. The fourth-order valence-electron chi connectivity index (χ4n) is 2.55. The van der Waals surface area contributed by atoms with Gasteiger partial charge in [0.05, 0.1) is 24.9 Å². The molecule has 0 fully saturated rings. The first-order valence-electron chi connectivity index (χ1n) is 8.45. The summed E-state index contributed by atoms with van der Waals surface area (Å²) < 4.78 is 4.65. The van der Waals surface area contributed by atoms with Crippen molar-refractivity contribution in [1.29, 1.82) is 0 Å². The molecule has 0 aromatic heterocycles. The predicted octanol–water partition coefficient (Wildman–Crippen LogP) is 1.78. The largest absolute Gasteiger partial charge is 0.465 e. The lowest BCUT2D eigenvalue weighted by Crippen LogP contribution is -2.40. The maximum Gasteiger partial charge on any atom is 0.339 e. The molecule has 0 heterocycles. The fourth-order valence-corrected chi connectivity index (χ4v) is 2.55. The number of benzene rings is 2. The molecule has 2 aromatic rings. The highest BCUT2D eigenvalue weighted by Crippen LogP contribution is 2.16. The number of carbonyl (C=O) groups excluding carboxylic acids is 4. The molecule has 0 saturated heterocycles. The van der Waals surface area contributed by atoms with Gasteiger partial charge in [-0.1, -0.05) is 18.2 Å². The number of anilines is 2. The molecule has 2 aromatic carbocycles. The summed E-state index contributed by atoms with van der Waals surface area (Å²) in [7, 11) is 1.23. The van der Waals surface area contributed by atoms with Gasteiger partial charge in [-0.2, -0.15) is 0 Å². The van der Waals surface area contributed by atoms with Crippen molar-refractivity contribution in [2.45, 2.75) is 13.8 Å². The first-order valence-corrected chi connectivity index (χ1v) is 8.45. The molecule has 0 spiro atoms. The van der Waals surface area contributed by atoms with Crippen LogP contribution in [0.4, 0.5) is 11.4 Å². The molecule has 0 bridgehead atoms. The van der Waals surface area contributed by atoms with E-state index in [1.807, 2.05) is 19.9 Å². The zero-order valence-electron chi connectivity index (χ0n) is 15.8. The molecule has 3 N–H and O–H groups in total. The number of hydrogen-bond donors (Lipinski definition) is 3. The smallest absolute Gasteiger partial charge is 0.339 e. The Morgan fingerprint density at radius 2 is 1.54 bits per heavy atom. The van der Waals surface area contributed by atoms with Crippen LogP contribution in [0.3, 0.4) is 0 Å². The monoisotopic (exact) mass is 383 g/mol. The van der Waals surface area contributed by atoms with Crippen LogP contribution < -0.4 is 16.0 Å². The van der Waals surface area contributed by atoms with E-state index in [0.29, 0.717) is 5.69 Å². The van der Waals surface area contributed by atoms with E-state index in [2.05, 4.69) is 20.7 Å². The van der Waals surface area contributed by atoms with Crippen LogP contribution in [0.1, 0.15) is 21.5 Å². The van der Waals surface area contributed by atoms with Gasteiger partial charge >= 0.3 is 17.8 Å². The van der Waals surface area contributed by atoms with Crippen molar-refractivity contribution < 1.29 is 23.9 Å². The highest BCUT2D eigenvalue weighted by molar-refractivity contribution is 6.40. The van der Waals surface area contributed by atoms with Crippen molar-refractivity contribution in [2.24, 2.45) is 0 Å². The van der Waals surface area contributed by atoms with E-state index in [1.165, 1.54) is 19.2 Å². The van der Waals surface area contributed by atoms with Gasteiger partial charge in [0.2, 0.25) is 5.91 Å². The number of nitrogens with one attached hydrogen (secondary N) is 3. The summed E-state index contributed by atoms with van der Waals surface area (Å²) in [5, 5.41) is 7.22. The maximum atomic E-state index is 12.0. The van der Waals surface area contributed by atoms with E-state index in [-0.39, 0.29) is 11.3 Å². The molecule has 0 atom stereocenters. The molecular weight excluding hydrogens is 362 g/mol. The second-order valence-corrected chi connectivity index (χ2v) is 6.10. The topological polar surface area (TPSA) is 114 Å². The minimum Gasteiger partial charge on any atom is -0.465 e. The van der Waals surface area contributed by atoms with Crippen LogP contribution in [-0.2, 0) is 19.1 Å². The Hall–Kier alpha value is -3.68. The summed E-state index contributed by atoms with van der Waals surface area (Å²) in [5.74, 6) is -3.03. The zero-order valence-corrected chi connectivity index (χ0v) is 15.8. The van der Waals surface area contributed by atoms with Crippen molar-refractivity contribution in [3.8, 4) is 0 Å². The molecule has 146 valence electrons. The highest BCUT2D eigenvalue weighted by Gasteiger charge is 2.17. The van der Waals surface area contributed by atoms with Crippen LogP contribution in [0.2, 0.25) is 0 Å². The molecule has 0 aliphatic rings. The summed E-state index contributed by atoms with van der Waals surface area (Å²) in [6, 6.07) is 11.7. The minimum absolute atomic E-state index is 0.178. The first kappa shape index (κ1) is 20.6. The van der Waals surface area contributed by atoms with Gasteiger partial charge in [-0.25, -0.2) is 4.79 Å². The van der Waals surface area contributed by atoms with E-state index in [9.17, 15) is 19.2 Å². The van der Waals surface area contributed by atoms with Crippen LogP contribution in [0.25, 0.3) is 0 Å². The van der Waals surface area contributed by atoms with Gasteiger partial charge in [-0.3, -0.25) is 14.4 Å². The number of amides is 3. The van der Waals surface area contributed by atoms with Gasteiger partial charge in [0, 0.05) is 5.69 Å². The number of para-hydroxylation sites is 1. The Bertz CT molecular complexity index is 904. The summed E-state index contributed by atoms with van der Waals surface area (Å²) >= 11 is 0. The molecule has 0 radical (unpaired) electrons. The molecule has 3 amide bonds. The Morgan fingerprint density at radius 1 is 0.893 bits per heavy atom. The summed E-state index contributed by atoms with van der Waals surface area (Å²) in [6.45, 7) is 3.31. The Labute approximate surface area is 162 Å². The van der Waals surface area contributed by atoms with Crippen molar-refractivity contribution >= 4 is 35.1 Å². The van der Waals surface area contributed by atoms with Crippen LogP contribution in [0.5, 0.6) is 0 Å². The molecule has 0 unspecified atom stereocenters. The van der Waals surface area contributed by atoms with Crippen LogP contribution in [0.15, 0.2) is 42.5 Å². The van der Waals surface area contributed by atoms with Gasteiger partial charge < -0.3 is 20.7 Å². The first-order chi connectivity index (χ1) is 13.3. The molecular formula is C20H21N3O5. The zero-order chi connectivity index (χ0) is 20.7. The Morgan fingerprint density at radius 3 is 2.18 bits per heavy atom. The number of aryl methyl sites for hydroxylation is 2. The number of carbonyl (C=O) groups is 4. The highest BCUT2D eigenvalue weighted by atomic mass is 16.5. The SMILES string of the molecule is COC(=O)c1ccccc1NC(=O)CNC(=O)C(=O)Nc1cc(C)cc(C)c1. The van der Waals surface area contributed by atoms with Crippen molar-refractivity contribution in [1.82, 2.24) is 5.32 Å². The van der Waals surface area contributed by atoms with Crippen molar-refractivity contribution in [3.63, 3.8) is 0 Å². The van der Waals surface area contributed by atoms with Gasteiger partial charge in [-0.15, -0.1) is 0 Å². The summed E-state index contributed by atoms with van der Waals surface area (Å²) in [5.41, 5.74) is 2.80. The fraction of sp³-hybridized carbons (Fsp3) is 0.200. The average Bonchev–Trinajstić information content (AvgIpc) is 2.65. The molecule has 2 rings (SSSR count). The maximum absolute atomic E-state index is 12.0. The number of methoxy groups -OCH3 is 1. The lowest BCUT2D eigenvalue weighted by Gasteiger charge is -2.10. The number of rotatable bonds is 5. The second kappa shape index (κ2) is 9.31. The Kier molecular flexibility index (Phi) is 6.86. The van der Waals surface area contributed by atoms with E-state index in [4.69, 9.17) is 0 Å². The van der Waals surface area contributed by atoms with Gasteiger partial charge in [0.1, 0.15) is 0 Å². The van der Waals surface area contributed by atoms with Crippen LogP contribution >= 0.6 is 0 Å². The van der Waals surface area contributed by atoms with Gasteiger partial charge in [0.15, 0.2) is 0 Å². The third-order valence-electron chi connectivity index (χ3n) is 3.70. The summed E-state index contributed by atoms with van der Waals surface area (Å²) in [4.78, 5) is 47.6. The standard InChI is InChI=1S/C20H21N3O5/c1-12-8-13(2)10-14(9-12)22-19(26)18(25)21-11-17(24)23-16-7-5-4-6-15(16)20(27)28-3/h4-10H,11H2,1-3H3,(H,21,25)(H,22,26)(H,23,24). The third kappa shape index (κ3) is 5.66. The van der Waals surface area contributed by atoms with Gasteiger partial charge in [-0.05, 0) is 49.2 Å². The molecule has 8 nitrogen and oxygen atoms in total. The van der Waals surface area contributed by atoms with E-state index < -0.39 is 30.2 Å². The van der Waals surface area contributed by atoms with E-state index >= 15 is 0 Å². The minimum atomic E-state index is -0.949. The lowest BCUT2D eigenvalue weighted by atomic mass is 10.1. The predicted molar refractivity (Wildman–Crippen MR) is 104 cm³/mol. The average molecular weight is 383 g/mol. The molecule has 8 heteroatoms. The van der Waals surface area contributed by atoms with Crippen LogP contribution in [-0.4, -0.2) is 37.3 Å². The third-order valence-corrected chi connectivity index (χ3v) is 3.70. The van der Waals surface area contributed by atoms with Crippen molar-refractivity contribution in [3.05, 3.63) is 59.2 Å². The van der Waals surface area contributed by atoms with E-state index in [0.717, 1.165) is 11.1 Å². The number of hydrogen-bond acceptors (Lipinski definition) is 5. The van der Waals surface area contributed by atoms with E-state index in [1.54, 1.807) is 24.3 Å². The summed E-state index contributed by atoms with van der Waals surface area (Å²) in [6.07, 6.45) is 0. The quantitative estimate of drug-likeness (QED) is 0.538. The normalized spacial score (nSPS) is 9.96. The number of esters is 1. The number of ether oxygens (including phenoxy) is 1. The Balaban J connectivity index is 1.91. The van der Waals surface area contributed by atoms with Gasteiger partial charge in [0.25, 0.3) is 0 Å². The molecule has 28 heavy (non-hydrogen) atoms. The van der Waals surface area contributed by atoms with Crippen LogP contribution in [0, 0.1) is 13.8 Å². The second-order valence-electron chi connectivity index (χ2n) is 6.10. The van der Waals surface area contributed by atoms with Crippen molar-refractivity contribution in [2.75, 3.05) is 24.3 Å². The molecule has 0 saturated carbocycles. The lowest BCUT2D eigenvalue weighted by molar-refractivity contribution is -0.136. The molecule has 0 aliphatic carbocycles.